The van der Waals surface area contributed by atoms with Crippen LogP contribution in [0.5, 0.6) is 0 Å². The fourth-order valence-electron chi connectivity index (χ4n) is 3.29. The Labute approximate surface area is 135 Å². The molecule has 2 heterocycles. The zero-order valence-corrected chi connectivity index (χ0v) is 13.9. The van der Waals surface area contributed by atoms with E-state index in [0.717, 1.165) is 6.42 Å². The second-order valence-corrected chi connectivity index (χ2v) is 7.82. The maximum absolute atomic E-state index is 12.5. The molecule has 1 aromatic carbocycles. The lowest BCUT2D eigenvalue weighted by atomic mass is 10.0. The number of benzene rings is 1. The van der Waals surface area contributed by atoms with E-state index in [1.54, 1.807) is 16.7 Å². The number of carbonyl (C=O) groups excluding carboxylic acids is 2. The van der Waals surface area contributed by atoms with Crippen LogP contribution < -0.4 is 5.32 Å². The molecule has 2 saturated heterocycles. The van der Waals surface area contributed by atoms with Crippen molar-refractivity contribution in [2.45, 2.75) is 43.5 Å². The molecular weight excluding hydrogens is 296 g/mol. The van der Waals surface area contributed by atoms with Gasteiger partial charge in [0, 0.05) is 18.7 Å². The Hall–Kier alpha value is -1.49. The largest absolute Gasteiger partial charge is 0.354 e. The van der Waals surface area contributed by atoms with E-state index in [9.17, 15) is 9.59 Å². The lowest BCUT2D eigenvalue weighted by Gasteiger charge is -2.30. The van der Waals surface area contributed by atoms with Crippen LogP contribution in [0, 0.1) is 0 Å². The first kappa shape index (κ1) is 15.4. The van der Waals surface area contributed by atoms with Crippen LogP contribution in [0.1, 0.15) is 38.2 Å². The minimum absolute atomic E-state index is 0.0192. The van der Waals surface area contributed by atoms with Gasteiger partial charge >= 0.3 is 0 Å². The summed E-state index contributed by atoms with van der Waals surface area (Å²) in [7, 11) is 0. The van der Waals surface area contributed by atoms with Gasteiger partial charge in [0.25, 0.3) is 0 Å². The summed E-state index contributed by atoms with van der Waals surface area (Å²) in [6.07, 6.45) is 1.41. The molecule has 0 saturated carbocycles. The Kier molecular flexibility index (Phi) is 4.17. The first-order valence-electron chi connectivity index (χ1n) is 7.80. The third-order valence-corrected chi connectivity index (χ3v) is 6.20. The molecule has 3 atom stereocenters. The van der Waals surface area contributed by atoms with Crippen molar-refractivity contribution < 1.29 is 9.59 Å². The molecular formula is C17H22N2O2S. The molecule has 0 bridgehead atoms. The van der Waals surface area contributed by atoms with E-state index in [-0.39, 0.29) is 28.6 Å². The minimum Gasteiger partial charge on any atom is -0.354 e. The van der Waals surface area contributed by atoms with Crippen molar-refractivity contribution in [3.63, 3.8) is 0 Å². The van der Waals surface area contributed by atoms with Crippen LogP contribution in [-0.2, 0) is 9.59 Å². The van der Waals surface area contributed by atoms with Gasteiger partial charge in [-0.3, -0.25) is 9.59 Å². The molecule has 1 aromatic rings. The molecule has 2 aliphatic heterocycles. The van der Waals surface area contributed by atoms with Crippen molar-refractivity contribution in [1.82, 2.24) is 10.2 Å². The second kappa shape index (κ2) is 5.95. The molecule has 118 valence electrons. The standard InChI is InChI=1S/C17H22N2O2S/c1-12(13-6-4-3-5-7-13)10-18-16(21)14-11-22-17(2)9-8-15(20)19(14)17/h3-7,12,14H,8-11H2,1-2H3,(H,18,21)/t12-,14-,17-/m1/s1. The van der Waals surface area contributed by atoms with Gasteiger partial charge in [-0.1, -0.05) is 37.3 Å². The minimum atomic E-state index is -0.312. The van der Waals surface area contributed by atoms with Gasteiger partial charge in [-0.2, -0.15) is 0 Å². The second-order valence-electron chi connectivity index (χ2n) is 6.32. The molecule has 0 aliphatic carbocycles. The summed E-state index contributed by atoms with van der Waals surface area (Å²) in [6.45, 7) is 4.77. The molecule has 2 fully saturated rings. The van der Waals surface area contributed by atoms with Crippen molar-refractivity contribution in [2.24, 2.45) is 0 Å². The fourth-order valence-corrected chi connectivity index (χ4v) is 4.72. The summed E-state index contributed by atoms with van der Waals surface area (Å²) in [4.78, 5) is 26.2. The fraction of sp³-hybridized carbons (Fsp3) is 0.529. The van der Waals surface area contributed by atoms with Gasteiger partial charge in [0.05, 0.1) is 4.87 Å². The van der Waals surface area contributed by atoms with Crippen LogP contribution in [-0.4, -0.2) is 39.9 Å². The van der Waals surface area contributed by atoms with Crippen LogP contribution in [0.3, 0.4) is 0 Å². The van der Waals surface area contributed by atoms with Crippen LogP contribution in [0.15, 0.2) is 30.3 Å². The maximum atomic E-state index is 12.5. The Balaban J connectivity index is 1.60. The number of hydrogen-bond acceptors (Lipinski definition) is 3. The van der Waals surface area contributed by atoms with E-state index < -0.39 is 0 Å². The zero-order chi connectivity index (χ0) is 15.7. The molecule has 4 nitrogen and oxygen atoms in total. The van der Waals surface area contributed by atoms with Crippen molar-refractivity contribution in [1.29, 1.82) is 0 Å². The summed E-state index contributed by atoms with van der Waals surface area (Å²) < 4.78 is 0. The number of hydrogen-bond donors (Lipinski definition) is 1. The summed E-state index contributed by atoms with van der Waals surface area (Å²) in [6, 6.07) is 9.84. The Morgan fingerprint density at radius 3 is 2.91 bits per heavy atom. The normalized spacial score (nSPS) is 28.5. The van der Waals surface area contributed by atoms with Crippen LogP contribution in [0.4, 0.5) is 0 Å². The molecule has 2 aliphatic rings. The van der Waals surface area contributed by atoms with E-state index >= 15 is 0 Å². The van der Waals surface area contributed by atoms with Crippen LogP contribution >= 0.6 is 11.8 Å². The SMILES string of the molecule is C[C@H](CNC(=O)[C@H]1CS[C@]2(C)CCC(=O)N12)c1ccccc1. The Morgan fingerprint density at radius 1 is 1.45 bits per heavy atom. The molecule has 22 heavy (non-hydrogen) atoms. The van der Waals surface area contributed by atoms with Gasteiger partial charge in [-0.15, -0.1) is 11.8 Å². The lowest BCUT2D eigenvalue weighted by molar-refractivity contribution is -0.137. The third kappa shape index (κ3) is 2.74. The number of carbonyl (C=O) groups is 2. The summed E-state index contributed by atoms with van der Waals surface area (Å²) in [5, 5.41) is 3.03. The van der Waals surface area contributed by atoms with Crippen molar-refractivity contribution in [3.8, 4) is 0 Å². The highest BCUT2D eigenvalue weighted by Crippen LogP contribution is 2.47. The van der Waals surface area contributed by atoms with E-state index in [1.165, 1.54) is 5.56 Å². The highest BCUT2D eigenvalue weighted by molar-refractivity contribution is 8.01. The number of rotatable bonds is 4. The predicted octanol–water partition coefficient (Wildman–Crippen LogP) is 2.36. The molecule has 1 N–H and O–H groups in total. The van der Waals surface area contributed by atoms with Crippen LogP contribution in [0.25, 0.3) is 0 Å². The number of nitrogens with zero attached hydrogens (tertiary/aromatic N) is 1. The summed E-state index contributed by atoms with van der Waals surface area (Å²) >= 11 is 1.73. The van der Waals surface area contributed by atoms with Crippen LogP contribution in [0.2, 0.25) is 0 Å². The van der Waals surface area contributed by atoms with E-state index in [1.807, 2.05) is 18.2 Å². The highest BCUT2D eigenvalue weighted by atomic mass is 32.2. The van der Waals surface area contributed by atoms with Crippen molar-refractivity contribution in [2.75, 3.05) is 12.3 Å². The van der Waals surface area contributed by atoms with Gasteiger partial charge in [0.1, 0.15) is 6.04 Å². The smallest absolute Gasteiger partial charge is 0.243 e. The molecule has 3 rings (SSSR count). The van der Waals surface area contributed by atoms with E-state index in [0.29, 0.717) is 18.7 Å². The number of fused-ring (bicyclic) bond motifs is 1. The summed E-state index contributed by atoms with van der Waals surface area (Å²) in [5.74, 6) is 1.06. The van der Waals surface area contributed by atoms with Gasteiger partial charge in [-0.05, 0) is 24.8 Å². The average molecular weight is 318 g/mol. The van der Waals surface area contributed by atoms with E-state index in [4.69, 9.17) is 0 Å². The molecule has 0 unspecified atom stereocenters. The highest BCUT2D eigenvalue weighted by Gasteiger charge is 2.52. The molecule has 0 aromatic heterocycles. The Morgan fingerprint density at radius 2 is 2.18 bits per heavy atom. The first-order valence-corrected chi connectivity index (χ1v) is 8.78. The number of amides is 2. The average Bonchev–Trinajstić information content (AvgIpc) is 3.02. The maximum Gasteiger partial charge on any atom is 0.243 e. The summed E-state index contributed by atoms with van der Waals surface area (Å²) in [5.41, 5.74) is 1.21. The zero-order valence-electron chi connectivity index (χ0n) is 13.0. The molecule has 0 spiro atoms. The third-order valence-electron chi connectivity index (χ3n) is 4.70. The molecule has 5 heteroatoms. The number of thioether (sulfide) groups is 1. The predicted molar refractivity (Wildman–Crippen MR) is 88.6 cm³/mol. The van der Waals surface area contributed by atoms with Crippen molar-refractivity contribution in [3.05, 3.63) is 35.9 Å². The quantitative estimate of drug-likeness (QED) is 0.927. The lowest BCUT2D eigenvalue weighted by Crippen LogP contribution is -2.50. The van der Waals surface area contributed by atoms with Gasteiger partial charge in [0.2, 0.25) is 11.8 Å². The topological polar surface area (TPSA) is 49.4 Å². The van der Waals surface area contributed by atoms with E-state index in [2.05, 4.69) is 31.3 Å². The van der Waals surface area contributed by atoms with Gasteiger partial charge in [-0.25, -0.2) is 0 Å². The van der Waals surface area contributed by atoms with Crippen molar-refractivity contribution >= 4 is 23.6 Å². The first-order chi connectivity index (χ1) is 10.5. The number of nitrogens with one attached hydrogen (secondary N) is 1. The van der Waals surface area contributed by atoms with Gasteiger partial charge < -0.3 is 10.2 Å². The molecule has 0 radical (unpaired) electrons. The Bertz CT molecular complexity index is 577. The molecule has 2 amide bonds. The monoisotopic (exact) mass is 318 g/mol. The van der Waals surface area contributed by atoms with Gasteiger partial charge in [0.15, 0.2) is 0 Å².